The molecule has 17 heavy (non-hydrogen) atoms. The summed E-state index contributed by atoms with van der Waals surface area (Å²) in [6.07, 6.45) is 0. The highest BCUT2D eigenvalue weighted by Crippen LogP contribution is 2.24. The Kier molecular flexibility index (Phi) is 3.83. The number of nitro groups is 1. The molecule has 0 aliphatic carbocycles. The summed E-state index contributed by atoms with van der Waals surface area (Å²) in [6, 6.07) is 4.78. The number of hydrogen-bond acceptors (Lipinski definition) is 3. The number of carbonyl (C=O) groups is 1. The van der Waals surface area contributed by atoms with Crippen LogP contribution in [0.5, 0.6) is 0 Å². The van der Waals surface area contributed by atoms with Gasteiger partial charge in [0, 0.05) is 18.7 Å². The summed E-state index contributed by atoms with van der Waals surface area (Å²) in [5.74, 6) is -0.324. The lowest BCUT2D eigenvalue weighted by molar-refractivity contribution is -0.385. The number of aryl methyl sites for hydroxylation is 1. The Labute approximate surface area is 100 Å². The van der Waals surface area contributed by atoms with Gasteiger partial charge in [0.15, 0.2) is 0 Å². The van der Waals surface area contributed by atoms with Crippen LogP contribution in [0.1, 0.15) is 29.8 Å². The molecule has 0 atom stereocenters. The third-order valence-electron chi connectivity index (χ3n) is 2.75. The molecule has 1 aromatic rings. The Balaban J connectivity index is 3.27. The van der Waals surface area contributed by atoms with Crippen LogP contribution in [0.25, 0.3) is 0 Å². The molecule has 1 amide bonds. The second-order valence-electron chi connectivity index (χ2n) is 4.24. The predicted molar refractivity (Wildman–Crippen MR) is 65.1 cm³/mol. The average molecular weight is 236 g/mol. The number of para-hydroxylation sites is 1. The minimum absolute atomic E-state index is 0.00242. The molecule has 0 saturated heterocycles. The van der Waals surface area contributed by atoms with E-state index in [2.05, 4.69) is 0 Å². The van der Waals surface area contributed by atoms with Gasteiger partial charge < -0.3 is 4.90 Å². The van der Waals surface area contributed by atoms with Gasteiger partial charge in [-0.15, -0.1) is 0 Å². The van der Waals surface area contributed by atoms with E-state index in [1.807, 2.05) is 13.8 Å². The highest BCUT2D eigenvalue weighted by molar-refractivity contribution is 5.98. The zero-order valence-electron chi connectivity index (χ0n) is 10.4. The molecule has 5 nitrogen and oxygen atoms in total. The van der Waals surface area contributed by atoms with E-state index in [4.69, 9.17) is 0 Å². The minimum atomic E-state index is -0.503. The molecule has 0 heterocycles. The Morgan fingerprint density at radius 3 is 2.47 bits per heavy atom. The summed E-state index contributed by atoms with van der Waals surface area (Å²) in [5.41, 5.74) is 0.536. The van der Waals surface area contributed by atoms with Crippen molar-refractivity contribution in [2.75, 3.05) is 7.05 Å². The molecule has 5 heteroatoms. The first kappa shape index (κ1) is 13.2. The molecule has 0 aliphatic heterocycles. The van der Waals surface area contributed by atoms with Gasteiger partial charge in [0.25, 0.3) is 11.6 Å². The summed E-state index contributed by atoms with van der Waals surface area (Å²) in [7, 11) is 1.64. The Morgan fingerprint density at radius 1 is 1.41 bits per heavy atom. The average Bonchev–Trinajstić information content (AvgIpc) is 2.25. The molecule has 1 rings (SSSR count). The van der Waals surface area contributed by atoms with Crippen LogP contribution in [-0.4, -0.2) is 28.8 Å². The predicted octanol–water partition coefficient (Wildman–Crippen LogP) is 2.38. The standard InChI is InChI=1S/C12H16N2O3/c1-8(2)13(4)12(15)10-7-5-6-9(3)11(10)14(16)17/h5-8H,1-4H3. The van der Waals surface area contributed by atoms with Crippen LogP contribution < -0.4 is 0 Å². The lowest BCUT2D eigenvalue weighted by atomic mass is 10.1. The van der Waals surface area contributed by atoms with Crippen molar-refractivity contribution in [3.8, 4) is 0 Å². The first-order chi connectivity index (χ1) is 7.86. The zero-order chi connectivity index (χ0) is 13.2. The van der Waals surface area contributed by atoms with Crippen LogP contribution in [0.3, 0.4) is 0 Å². The first-order valence-electron chi connectivity index (χ1n) is 5.37. The number of hydrogen-bond donors (Lipinski definition) is 0. The molecule has 0 unspecified atom stereocenters. The first-order valence-corrected chi connectivity index (χ1v) is 5.37. The highest BCUT2D eigenvalue weighted by atomic mass is 16.6. The van der Waals surface area contributed by atoms with Gasteiger partial charge in [-0.3, -0.25) is 14.9 Å². The van der Waals surface area contributed by atoms with E-state index < -0.39 is 4.92 Å². The van der Waals surface area contributed by atoms with E-state index in [9.17, 15) is 14.9 Å². The molecule has 0 spiro atoms. The van der Waals surface area contributed by atoms with Gasteiger partial charge >= 0.3 is 0 Å². The van der Waals surface area contributed by atoms with E-state index in [1.165, 1.54) is 11.0 Å². The van der Waals surface area contributed by atoms with E-state index in [0.717, 1.165) is 0 Å². The molecule has 0 N–H and O–H groups in total. The summed E-state index contributed by atoms with van der Waals surface area (Å²) in [6.45, 7) is 5.35. The second kappa shape index (κ2) is 4.95. The largest absolute Gasteiger partial charge is 0.339 e. The SMILES string of the molecule is Cc1cccc(C(=O)N(C)C(C)C)c1[N+](=O)[O-]. The van der Waals surface area contributed by atoms with Crippen molar-refractivity contribution >= 4 is 11.6 Å². The van der Waals surface area contributed by atoms with Gasteiger partial charge in [0.05, 0.1) is 4.92 Å². The Hall–Kier alpha value is -1.91. The quantitative estimate of drug-likeness (QED) is 0.598. The van der Waals surface area contributed by atoms with E-state index in [0.29, 0.717) is 5.56 Å². The van der Waals surface area contributed by atoms with Crippen molar-refractivity contribution < 1.29 is 9.72 Å². The van der Waals surface area contributed by atoms with E-state index in [-0.39, 0.29) is 23.2 Å². The van der Waals surface area contributed by atoms with Gasteiger partial charge in [-0.05, 0) is 26.8 Å². The maximum Gasteiger partial charge on any atom is 0.285 e. The van der Waals surface area contributed by atoms with Crippen LogP contribution in [0.4, 0.5) is 5.69 Å². The summed E-state index contributed by atoms with van der Waals surface area (Å²) in [4.78, 5) is 24.0. The summed E-state index contributed by atoms with van der Waals surface area (Å²) in [5, 5.41) is 11.0. The fourth-order valence-corrected chi connectivity index (χ4v) is 1.50. The lowest BCUT2D eigenvalue weighted by Crippen LogP contribution is -2.33. The molecule has 92 valence electrons. The Bertz CT molecular complexity index is 455. The third kappa shape index (κ3) is 2.61. The molecular weight excluding hydrogens is 220 g/mol. The van der Waals surface area contributed by atoms with Gasteiger partial charge in [0.1, 0.15) is 5.56 Å². The number of nitro benzene ring substituents is 1. The van der Waals surface area contributed by atoms with Crippen molar-refractivity contribution in [1.29, 1.82) is 0 Å². The van der Waals surface area contributed by atoms with Gasteiger partial charge in [0.2, 0.25) is 0 Å². The molecule has 1 aromatic carbocycles. The summed E-state index contributed by atoms with van der Waals surface area (Å²) < 4.78 is 0. The van der Waals surface area contributed by atoms with Crippen molar-refractivity contribution in [2.24, 2.45) is 0 Å². The molecule has 0 aromatic heterocycles. The van der Waals surface area contributed by atoms with Crippen LogP contribution in [-0.2, 0) is 0 Å². The van der Waals surface area contributed by atoms with E-state index >= 15 is 0 Å². The highest BCUT2D eigenvalue weighted by Gasteiger charge is 2.25. The third-order valence-corrected chi connectivity index (χ3v) is 2.75. The Morgan fingerprint density at radius 2 is 2.00 bits per heavy atom. The molecule has 0 aliphatic rings. The van der Waals surface area contributed by atoms with Crippen molar-refractivity contribution in [3.63, 3.8) is 0 Å². The monoisotopic (exact) mass is 236 g/mol. The van der Waals surface area contributed by atoms with Gasteiger partial charge in [-0.2, -0.15) is 0 Å². The van der Waals surface area contributed by atoms with E-state index in [1.54, 1.807) is 26.1 Å². The lowest BCUT2D eigenvalue weighted by Gasteiger charge is -2.21. The maximum absolute atomic E-state index is 12.1. The van der Waals surface area contributed by atoms with Gasteiger partial charge in [-0.1, -0.05) is 12.1 Å². The van der Waals surface area contributed by atoms with Gasteiger partial charge in [-0.25, -0.2) is 0 Å². The van der Waals surface area contributed by atoms with Crippen molar-refractivity contribution in [1.82, 2.24) is 4.90 Å². The smallest absolute Gasteiger partial charge is 0.285 e. The molecule has 0 radical (unpaired) electrons. The minimum Gasteiger partial charge on any atom is -0.339 e. The molecule has 0 bridgehead atoms. The molecular formula is C12H16N2O3. The second-order valence-corrected chi connectivity index (χ2v) is 4.24. The topological polar surface area (TPSA) is 63.5 Å². The van der Waals surface area contributed by atoms with Crippen LogP contribution in [0, 0.1) is 17.0 Å². The van der Waals surface area contributed by atoms with Crippen molar-refractivity contribution in [3.05, 3.63) is 39.4 Å². The molecule has 0 saturated carbocycles. The fraction of sp³-hybridized carbons (Fsp3) is 0.417. The number of rotatable bonds is 3. The van der Waals surface area contributed by atoms with Crippen LogP contribution in [0.2, 0.25) is 0 Å². The maximum atomic E-state index is 12.1. The number of amides is 1. The van der Waals surface area contributed by atoms with Crippen molar-refractivity contribution in [2.45, 2.75) is 26.8 Å². The summed E-state index contributed by atoms with van der Waals surface area (Å²) >= 11 is 0. The zero-order valence-corrected chi connectivity index (χ0v) is 10.4. The number of carbonyl (C=O) groups excluding carboxylic acids is 1. The fourth-order valence-electron chi connectivity index (χ4n) is 1.50. The number of nitrogens with zero attached hydrogens (tertiary/aromatic N) is 2. The van der Waals surface area contributed by atoms with Crippen LogP contribution >= 0.6 is 0 Å². The molecule has 0 fully saturated rings. The number of benzene rings is 1. The normalized spacial score (nSPS) is 10.4. The van der Waals surface area contributed by atoms with Crippen LogP contribution in [0.15, 0.2) is 18.2 Å².